The maximum absolute atomic E-state index is 13.0. The zero-order valence-corrected chi connectivity index (χ0v) is 13.1. The molecule has 0 radical (unpaired) electrons. The number of hydrogen-bond acceptors (Lipinski definition) is 4. The van der Waals surface area contributed by atoms with Crippen LogP contribution in [0.15, 0.2) is 9.59 Å². The summed E-state index contributed by atoms with van der Waals surface area (Å²) in [6.45, 7) is 0. The van der Waals surface area contributed by atoms with Crippen LogP contribution in [0, 0.1) is 0 Å². The first-order valence-corrected chi connectivity index (χ1v) is 8.53. The number of hydrogen-bond donors (Lipinski definition) is 2. The van der Waals surface area contributed by atoms with Gasteiger partial charge in [0.25, 0.3) is 5.56 Å². The van der Waals surface area contributed by atoms with Crippen LogP contribution in [0.4, 0.5) is 11.5 Å². The first-order valence-electron chi connectivity index (χ1n) is 8.53. The predicted molar refractivity (Wildman–Crippen MR) is 88.0 cm³/mol. The number of rotatable bonds is 2. The van der Waals surface area contributed by atoms with E-state index in [1.165, 1.54) is 17.4 Å². The van der Waals surface area contributed by atoms with E-state index < -0.39 is 5.56 Å². The Balaban J connectivity index is 2.11. The van der Waals surface area contributed by atoms with Crippen LogP contribution >= 0.6 is 0 Å². The van der Waals surface area contributed by atoms with Crippen LogP contribution < -0.4 is 22.7 Å². The Labute approximate surface area is 130 Å². The lowest BCUT2D eigenvalue weighted by atomic mass is 9.94. The molecule has 122 valence electrons. The molecule has 2 saturated carbocycles. The molecule has 0 aliphatic heterocycles. The van der Waals surface area contributed by atoms with Crippen molar-refractivity contribution in [3.8, 4) is 0 Å². The quantitative estimate of drug-likeness (QED) is 0.875. The van der Waals surface area contributed by atoms with Gasteiger partial charge in [-0.25, -0.2) is 4.79 Å². The molecule has 6 nitrogen and oxygen atoms in total. The largest absolute Gasteiger partial charge is 0.391 e. The Morgan fingerprint density at radius 2 is 1.18 bits per heavy atom. The molecule has 0 saturated heterocycles. The second-order valence-electron chi connectivity index (χ2n) is 6.71. The fraction of sp³-hybridized carbons (Fsp3) is 0.750. The van der Waals surface area contributed by atoms with Gasteiger partial charge in [-0.05, 0) is 25.7 Å². The van der Waals surface area contributed by atoms with Gasteiger partial charge in [0.15, 0.2) is 0 Å². The second kappa shape index (κ2) is 6.18. The summed E-state index contributed by atoms with van der Waals surface area (Å²) in [5.41, 5.74) is 11.4. The third-order valence-corrected chi connectivity index (χ3v) is 5.28. The van der Waals surface area contributed by atoms with Gasteiger partial charge in [-0.15, -0.1) is 0 Å². The number of nitrogens with zero attached hydrogens (tertiary/aromatic N) is 2. The molecule has 22 heavy (non-hydrogen) atoms. The van der Waals surface area contributed by atoms with Crippen molar-refractivity contribution in [2.75, 3.05) is 11.5 Å². The summed E-state index contributed by atoms with van der Waals surface area (Å²) in [6, 6.07) is 0.0606. The van der Waals surface area contributed by atoms with E-state index in [9.17, 15) is 9.59 Å². The van der Waals surface area contributed by atoms with Crippen LogP contribution in [0.2, 0.25) is 0 Å². The topological polar surface area (TPSA) is 96.0 Å². The first kappa shape index (κ1) is 15.2. The lowest BCUT2D eigenvalue weighted by Crippen LogP contribution is -2.46. The van der Waals surface area contributed by atoms with E-state index in [0.29, 0.717) is 0 Å². The number of aromatic nitrogens is 2. The minimum atomic E-state index is -0.401. The first-order chi connectivity index (χ1) is 10.6. The molecular formula is C16H26N4O2. The molecule has 0 aromatic carbocycles. The lowest BCUT2D eigenvalue weighted by Gasteiger charge is -2.29. The van der Waals surface area contributed by atoms with Crippen LogP contribution in [0.5, 0.6) is 0 Å². The van der Waals surface area contributed by atoms with E-state index in [-0.39, 0.29) is 29.3 Å². The predicted octanol–water partition coefficient (Wildman–Crippen LogP) is 2.18. The highest BCUT2D eigenvalue weighted by atomic mass is 16.2. The van der Waals surface area contributed by atoms with Crippen molar-refractivity contribution in [1.82, 2.24) is 9.13 Å². The van der Waals surface area contributed by atoms with Crippen molar-refractivity contribution in [1.29, 1.82) is 0 Å². The Kier molecular flexibility index (Phi) is 4.27. The van der Waals surface area contributed by atoms with Gasteiger partial charge in [0.1, 0.15) is 11.5 Å². The van der Waals surface area contributed by atoms with E-state index in [4.69, 9.17) is 11.5 Å². The summed E-state index contributed by atoms with van der Waals surface area (Å²) < 4.78 is 2.99. The van der Waals surface area contributed by atoms with Crippen LogP contribution in [-0.2, 0) is 0 Å². The van der Waals surface area contributed by atoms with E-state index in [1.807, 2.05) is 0 Å². The standard InChI is InChI=1S/C16H26N4O2/c17-13-14(18)19(11-7-3-1-4-8-11)16(22)20(15(13)21)12-9-5-2-6-10-12/h11-12H,1-10,17-18H2. The monoisotopic (exact) mass is 306 g/mol. The summed E-state index contributed by atoms with van der Waals surface area (Å²) in [5.74, 6) is 0.161. The summed E-state index contributed by atoms with van der Waals surface area (Å²) >= 11 is 0. The van der Waals surface area contributed by atoms with Crippen molar-refractivity contribution in [3.05, 3.63) is 20.8 Å². The van der Waals surface area contributed by atoms with E-state index in [1.54, 1.807) is 4.57 Å². The molecule has 2 fully saturated rings. The van der Waals surface area contributed by atoms with Gasteiger partial charge in [-0.2, -0.15) is 0 Å². The zero-order valence-electron chi connectivity index (χ0n) is 13.1. The number of nitrogens with two attached hydrogens (primary N) is 2. The fourth-order valence-electron chi connectivity index (χ4n) is 4.03. The molecule has 1 aromatic rings. The molecule has 0 unspecified atom stereocenters. The molecule has 0 bridgehead atoms. The average Bonchev–Trinajstić information content (AvgIpc) is 2.55. The van der Waals surface area contributed by atoms with Gasteiger partial charge in [0.2, 0.25) is 0 Å². The van der Waals surface area contributed by atoms with Crippen molar-refractivity contribution < 1.29 is 0 Å². The van der Waals surface area contributed by atoms with Crippen molar-refractivity contribution in [2.45, 2.75) is 76.3 Å². The van der Waals surface area contributed by atoms with Gasteiger partial charge in [0.05, 0.1) is 0 Å². The Morgan fingerprint density at radius 1 is 0.727 bits per heavy atom. The molecule has 0 atom stereocenters. The molecule has 0 spiro atoms. The van der Waals surface area contributed by atoms with Gasteiger partial charge < -0.3 is 11.5 Å². The minimum Gasteiger partial charge on any atom is -0.391 e. The van der Waals surface area contributed by atoms with Gasteiger partial charge in [-0.1, -0.05) is 38.5 Å². The van der Waals surface area contributed by atoms with Gasteiger partial charge in [0, 0.05) is 12.1 Å². The highest BCUT2D eigenvalue weighted by molar-refractivity contribution is 5.57. The molecule has 1 heterocycles. The minimum absolute atomic E-state index is 0.0218. The second-order valence-corrected chi connectivity index (χ2v) is 6.71. The molecule has 3 rings (SSSR count). The average molecular weight is 306 g/mol. The Morgan fingerprint density at radius 3 is 1.68 bits per heavy atom. The maximum atomic E-state index is 13.0. The highest BCUT2D eigenvalue weighted by Gasteiger charge is 2.26. The number of nitrogen functional groups attached to an aromatic ring is 2. The molecule has 2 aliphatic carbocycles. The summed E-state index contributed by atoms with van der Waals surface area (Å²) in [5, 5.41) is 0. The third kappa shape index (κ3) is 2.55. The van der Waals surface area contributed by atoms with Gasteiger partial charge in [-0.3, -0.25) is 13.9 Å². The van der Waals surface area contributed by atoms with Crippen LogP contribution in [0.25, 0.3) is 0 Å². The van der Waals surface area contributed by atoms with Crippen LogP contribution in [-0.4, -0.2) is 9.13 Å². The van der Waals surface area contributed by atoms with E-state index in [2.05, 4.69) is 0 Å². The molecule has 6 heteroatoms. The van der Waals surface area contributed by atoms with Crippen molar-refractivity contribution in [3.63, 3.8) is 0 Å². The molecule has 2 aliphatic rings. The Bertz CT molecular complexity index is 649. The lowest BCUT2D eigenvalue weighted by molar-refractivity contribution is 0.303. The molecule has 1 aromatic heterocycles. The number of anilines is 2. The summed E-state index contributed by atoms with van der Waals surface area (Å²) in [4.78, 5) is 25.4. The smallest absolute Gasteiger partial charge is 0.333 e. The van der Waals surface area contributed by atoms with Crippen LogP contribution in [0.1, 0.15) is 76.3 Å². The fourth-order valence-corrected chi connectivity index (χ4v) is 4.03. The SMILES string of the molecule is Nc1c(N)n(C2CCCCC2)c(=O)n(C2CCCCC2)c1=O. The Hall–Kier alpha value is -1.72. The van der Waals surface area contributed by atoms with E-state index >= 15 is 0 Å². The van der Waals surface area contributed by atoms with Crippen molar-refractivity contribution >= 4 is 11.5 Å². The summed E-state index contributed by atoms with van der Waals surface area (Å²) in [6.07, 6.45) is 10.3. The molecular weight excluding hydrogens is 280 g/mol. The van der Waals surface area contributed by atoms with Gasteiger partial charge >= 0.3 is 5.69 Å². The maximum Gasteiger partial charge on any atom is 0.333 e. The molecule has 4 N–H and O–H groups in total. The third-order valence-electron chi connectivity index (χ3n) is 5.28. The summed E-state index contributed by atoms with van der Waals surface area (Å²) in [7, 11) is 0. The van der Waals surface area contributed by atoms with Crippen molar-refractivity contribution in [2.24, 2.45) is 0 Å². The van der Waals surface area contributed by atoms with Crippen LogP contribution in [0.3, 0.4) is 0 Å². The normalized spacial score (nSPS) is 21.1. The highest BCUT2D eigenvalue weighted by Crippen LogP contribution is 2.31. The zero-order chi connectivity index (χ0) is 15.7. The molecule has 0 amide bonds. The van der Waals surface area contributed by atoms with E-state index in [0.717, 1.165) is 51.4 Å².